The van der Waals surface area contributed by atoms with Crippen molar-refractivity contribution in [3.8, 4) is 0 Å². The molecule has 0 aromatic carbocycles. The number of nitrogens with one attached hydrogen (secondary N) is 1. The molecule has 2 aliphatic heterocycles. The van der Waals surface area contributed by atoms with Gasteiger partial charge in [0.05, 0.1) is 6.61 Å². The van der Waals surface area contributed by atoms with Crippen molar-refractivity contribution in [2.45, 2.75) is 24.8 Å². The zero-order chi connectivity index (χ0) is 9.38. The average molecular weight is 209 g/mol. The van der Waals surface area contributed by atoms with Crippen LogP contribution in [0.5, 0.6) is 0 Å². The van der Waals surface area contributed by atoms with Gasteiger partial charge in [-0.15, -0.1) is 11.3 Å². The van der Waals surface area contributed by atoms with E-state index in [1.165, 1.54) is 12.8 Å². The van der Waals surface area contributed by atoms with E-state index in [4.69, 9.17) is 4.74 Å². The van der Waals surface area contributed by atoms with E-state index in [0.29, 0.717) is 12.0 Å². The second-order valence-corrected chi connectivity index (χ2v) is 5.08. The Bertz CT molecular complexity index is 323. The molecule has 3 rings (SSSR count). The second kappa shape index (κ2) is 3.65. The van der Waals surface area contributed by atoms with Gasteiger partial charge in [-0.25, -0.2) is 0 Å². The molecule has 0 saturated carbocycles. The van der Waals surface area contributed by atoms with Crippen molar-refractivity contribution in [2.24, 2.45) is 0 Å². The maximum absolute atomic E-state index is 5.59. The lowest BCUT2D eigenvalue weighted by Gasteiger charge is -2.30. The highest BCUT2D eigenvalue weighted by Crippen LogP contribution is 2.33. The molecule has 0 spiro atoms. The Morgan fingerprint density at radius 3 is 3.50 bits per heavy atom. The molecule has 1 saturated heterocycles. The van der Waals surface area contributed by atoms with Crippen LogP contribution in [0.15, 0.2) is 11.4 Å². The molecule has 3 heterocycles. The Labute approximate surface area is 88.3 Å². The van der Waals surface area contributed by atoms with E-state index >= 15 is 0 Å². The Morgan fingerprint density at radius 1 is 1.50 bits per heavy atom. The molecule has 1 aromatic rings. The number of hydrogen-bond donors (Lipinski definition) is 1. The van der Waals surface area contributed by atoms with Gasteiger partial charge in [-0.2, -0.15) is 0 Å². The van der Waals surface area contributed by atoms with Crippen molar-refractivity contribution < 1.29 is 4.74 Å². The first-order chi connectivity index (χ1) is 6.95. The lowest BCUT2D eigenvalue weighted by Crippen LogP contribution is -2.40. The van der Waals surface area contributed by atoms with Crippen molar-refractivity contribution in [3.05, 3.63) is 21.9 Å². The molecule has 0 bridgehead atoms. The van der Waals surface area contributed by atoms with Crippen molar-refractivity contribution in [3.63, 3.8) is 0 Å². The molecule has 1 N–H and O–H groups in total. The summed E-state index contributed by atoms with van der Waals surface area (Å²) in [4.78, 5) is 1.57. The first-order valence-corrected chi connectivity index (χ1v) is 6.20. The fourth-order valence-electron chi connectivity index (χ4n) is 2.54. The van der Waals surface area contributed by atoms with Gasteiger partial charge in [-0.3, -0.25) is 0 Å². The van der Waals surface area contributed by atoms with Gasteiger partial charge in [0.15, 0.2) is 0 Å². The number of fused-ring (bicyclic) bond motifs is 3. The predicted molar refractivity (Wildman–Crippen MR) is 58.0 cm³/mol. The van der Waals surface area contributed by atoms with Gasteiger partial charge in [-0.1, -0.05) is 0 Å². The lowest BCUT2D eigenvalue weighted by atomic mass is 9.90. The van der Waals surface area contributed by atoms with Crippen molar-refractivity contribution in [1.82, 2.24) is 5.32 Å². The van der Waals surface area contributed by atoms with Crippen molar-refractivity contribution in [1.29, 1.82) is 0 Å². The zero-order valence-electron chi connectivity index (χ0n) is 8.16. The Morgan fingerprint density at radius 2 is 2.50 bits per heavy atom. The van der Waals surface area contributed by atoms with E-state index in [9.17, 15) is 0 Å². The molecule has 0 aliphatic carbocycles. The van der Waals surface area contributed by atoms with E-state index in [-0.39, 0.29) is 0 Å². The van der Waals surface area contributed by atoms with Crippen LogP contribution in [0.2, 0.25) is 0 Å². The largest absolute Gasteiger partial charge is 0.381 e. The third-order valence-electron chi connectivity index (χ3n) is 3.29. The fraction of sp³-hybridized carbons (Fsp3) is 0.636. The van der Waals surface area contributed by atoms with Gasteiger partial charge in [0.1, 0.15) is 0 Å². The summed E-state index contributed by atoms with van der Waals surface area (Å²) in [5.41, 5.74) is 1.55. The molecule has 0 amide bonds. The number of rotatable bonds is 0. The predicted octanol–water partition coefficient (Wildman–Crippen LogP) is 1.77. The van der Waals surface area contributed by atoms with Gasteiger partial charge < -0.3 is 10.1 Å². The summed E-state index contributed by atoms with van der Waals surface area (Å²) in [5.74, 6) is 0.604. The van der Waals surface area contributed by atoms with Gasteiger partial charge >= 0.3 is 0 Å². The summed E-state index contributed by atoms with van der Waals surface area (Å²) in [6.45, 7) is 2.96. The van der Waals surface area contributed by atoms with Gasteiger partial charge in [0.25, 0.3) is 0 Å². The molecule has 1 aromatic heterocycles. The van der Waals surface area contributed by atoms with Gasteiger partial charge in [0, 0.05) is 30.0 Å². The van der Waals surface area contributed by atoms with E-state index in [2.05, 4.69) is 16.8 Å². The maximum atomic E-state index is 5.59. The van der Waals surface area contributed by atoms with E-state index < -0.39 is 0 Å². The smallest absolute Gasteiger partial charge is 0.0550 e. The summed E-state index contributed by atoms with van der Waals surface area (Å²) in [6.07, 6.45) is 2.36. The highest BCUT2D eigenvalue weighted by atomic mass is 32.1. The molecule has 1 fully saturated rings. The van der Waals surface area contributed by atoms with Crippen LogP contribution in [0.3, 0.4) is 0 Å². The minimum absolute atomic E-state index is 0.604. The first kappa shape index (κ1) is 8.89. The number of hydrogen-bond acceptors (Lipinski definition) is 3. The molecule has 2 atom stereocenters. The van der Waals surface area contributed by atoms with Crippen LogP contribution in [-0.2, 0) is 11.2 Å². The third kappa shape index (κ3) is 1.40. The Kier molecular flexibility index (Phi) is 2.32. The summed E-state index contributed by atoms with van der Waals surface area (Å²) in [6, 6.07) is 2.94. The molecule has 76 valence electrons. The summed E-state index contributed by atoms with van der Waals surface area (Å²) in [7, 11) is 0. The maximum Gasteiger partial charge on any atom is 0.0550 e. The van der Waals surface area contributed by atoms with Crippen LogP contribution in [0.1, 0.15) is 22.8 Å². The number of thiophene rings is 1. The van der Waals surface area contributed by atoms with Crippen LogP contribution < -0.4 is 5.32 Å². The minimum atomic E-state index is 0.604. The highest BCUT2D eigenvalue weighted by molar-refractivity contribution is 7.10. The standard InChI is InChI=1S/C11H15NOS/c1-4-12-10-2-5-13-7-9(10)8-3-6-14-11(1)8/h3,6,9-10,12H,1-2,4-5,7H2. The minimum Gasteiger partial charge on any atom is -0.381 e. The van der Waals surface area contributed by atoms with Crippen LogP contribution in [0, 0.1) is 0 Å². The summed E-state index contributed by atoms with van der Waals surface area (Å²) in [5, 5.41) is 5.87. The van der Waals surface area contributed by atoms with E-state index in [1.807, 2.05) is 11.3 Å². The van der Waals surface area contributed by atoms with E-state index in [1.54, 1.807) is 10.4 Å². The fourth-order valence-corrected chi connectivity index (χ4v) is 3.50. The average Bonchev–Trinajstić information content (AvgIpc) is 2.61. The molecule has 2 nitrogen and oxygen atoms in total. The lowest BCUT2D eigenvalue weighted by molar-refractivity contribution is 0.0614. The molecular weight excluding hydrogens is 194 g/mol. The Balaban J connectivity index is 1.96. The van der Waals surface area contributed by atoms with Crippen LogP contribution in [-0.4, -0.2) is 25.8 Å². The van der Waals surface area contributed by atoms with Crippen LogP contribution in [0.4, 0.5) is 0 Å². The van der Waals surface area contributed by atoms with Gasteiger partial charge in [0.2, 0.25) is 0 Å². The molecule has 2 unspecified atom stereocenters. The topological polar surface area (TPSA) is 21.3 Å². The SMILES string of the molecule is c1cc2c(s1)CCNC1CCOCC21. The molecule has 14 heavy (non-hydrogen) atoms. The molecule has 2 aliphatic rings. The quantitative estimate of drug-likeness (QED) is 0.703. The number of ether oxygens (including phenoxy) is 1. The van der Waals surface area contributed by atoms with Crippen molar-refractivity contribution >= 4 is 11.3 Å². The zero-order valence-corrected chi connectivity index (χ0v) is 8.98. The van der Waals surface area contributed by atoms with E-state index in [0.717, 1.165) is 19.8 Å². The molecular formula is C11H15NOS. The van der Waals surface area contributed by atoms with Crippen LogP contribution >= 0.6 is 11.3 Å². The summed E-state index contributed by atoms with van der Waals surface area (Å²) < 4.78 is 5.59. The van der Waals surface area contributed by atoms with Gasteiger partial charge in [-0.05, 0) is 29.9 Å². The molecule has 3 heteroatoms. The highest BCUT2D eigenvalue weighted by Gasteiger charge is 2.30. The van der Waals surface area contributed by atoms with Crippen molar-refractivity contribution in [2.75, 3.05) is 19.8 Å². The van der Waals surface area contributed by atoms with Crippen LogP contribution in [0.25, 0.3) is 0 Å². The summed E-state index contributed by atoms with van der Waals surface area (Å²) >= 11 is 1.90. The second-order valence-electron chi connectivity index (χ2n) is 4.08. The Hall–Kier alpha value is -0.380. The monoisotopic (exact) mass is 209 g/mol. The molecule has 0 radical (unpaired) electrons. The normalized spacial score (nSPS) is 31.7. The first-order valence-electron chi connectivity index (χ1n) is 5.32. The third-order valence-corrected chi connectivity index (χ3v) is 4.29.